The van der Waals surface area contributed by atoms with E-state index >= 15 is 0 Å². The number of hydrogen-bond acceptors (Lipinski definition) is 6. The van der Waals surface area contributed by atoms with Crippen LogP contribution in [-0.4, -0.2) is 26.0 Å². The molecule has 0 saturated heterocycles. The normalized spacial score (nSPS) is 11.0. The Bertz CT molecular complexity index is 787. The van der Waals surface area contributed by atoms with Crippen molar-refractivity contribution in [3.05, 3.63) is 53.1 Å². The van der Waals surface area contributed by atoms with Crippen LogP contribution in [-0.2, 0) is 4.84 Å². The zero-order chi connectivity index (χ0) is 17.7. The van der Waals surface area contributed by atoms with Gasteiger partial charge in [-0.3, -0.25) is 0 Å². The Morgan fingerprint density at radius 2 is 1.79 bits per heavy atom. The molecule has 2 rings (SSSR count). The van der Waals surface area contributed by atoms with Crippen LogP contribution < -0.4 is 20.9 Å². The molecule has 2 aromatic rings. The summed E-state index contributed by atoms with van der Waals surface area (Å²) in [5.41, 5.74) is 13.9. The number of nitrogen functional groups attached to an aromatic ring is 1. The van der Waals surface area contributed by atoms with Crippen LogP contribution in [0.5, 0.6) is 11.5 Å². The molecule has 126 valence electrons. The first-order chi connectivity index (χ1) is 11.5. The summed E-state index contributed by atoms with van der Waals surface area (Å²) in [5.74, 6) is 0.317. The van der Waals surface area contributed by atoms with Crippen molar-refractivity contribution in [2.75, 3.05) is 20.0 Å². The quantitative estimate of drug-likeness (QED) is 0.286. The Hall–Kier alpha value is -3.22. The maximum atomic E-state index is 12.1. The molecule has 0 aliphatic rings. The van der Waals surface area contributed by atoms with Crippen molar-refractivity contribution in [3.63, 3.8) is 0 Å². The fourth-order valence-corrected chi connectivity index (χ4v) is 2.09. The summed E-state index contributed by atoms with van der Waals surface area (Å²) in [6, 6.07) is 9.89. The Kier molecular flexibility index (Phi) is 5.26. The summed E-state index contributed by atoms with van der Waals surface area (Å²) in [6.45, 7) is 1.81. The van der Waals surface area contributed by atoms with Crippen LogP contribution in [0.25, 0.3) is 0 Å². The number of carbonyl (C=O) groups is 1. The van der Waals surface area contributed by atoms with Gasteiger partial charge in [-0.25, -0.2) is 4.79 Å². The van der Waals surface area contributed by atoms with E-state index in [1.807, 2.05) is 6.92 Å². The second kappa shape index (κ2) is 7.36. The van der Waals surface area contributed by atoms with Crippen molar-refractivity contribution in [1.82, 2.24) is 0 Å². The van der Waals surface area contributed by atoms with E-state index < -0.39 is 5.97 Å². The Morgan fingerprint density at radius 1 is 1.08 bits per heavy atom. The number of anilines is 1. The van der Waals surface area contributed by atoms with E-state index in [1.54, 1.807) is 30.3 Å². The molecular weight excluding hydrogens is 310 g/mol. The first-order valence-corrected chi connectivity index (χ1v) is 7.10. The molecule has 0 atom stereocenters. The molecule has 0 aliphatic carbocycles. The van der Waals surface area contributed by atoms with Crippen molar-refractivity contribution < 1.29 is 19.1 Å². The number of methoxy groups -OCH3 is 2. The predicted octanol–water partition coefficient (Wildman–Crippen LogP) is 2.07. The molecule has 0 amide bonds. The zero-order valence-electron chi connectivity index (χ0n) is 13.7. The third kappa shape index (κ3) is 3.57. The van der Waals surface area contributed by atoms with Crippen molar-refractivity contribution >= 4 is 17.5 Å². The van der Waals surface area contributed by atoms with Gasteiger partial charge in [-0.05, 0) is 36.8 Å². The molecule has 0 saturated carbocycles. The molecule has 0 radical (unpaired) electrons. The lowest BCUT2D eigenvalue weighted by Crippen LogP contribution is -2.17. The number of benzene rings is 2. The van der Waals surface area contributed by atoms with Gasteiger partial charge >= 0.3 is 5.97 Å². The lowest BCUT2D eigenvalue weighted by Gasteiger charge is -2.09. The van der Waals surface area contributed by atoms with E-state index in [9.17, 15) is 4.79 Å². The minimum absolute atomic E-state index is 0.0635. The predicted molar refractivity (Wildman–Crippen MR) is 91.3 cm³/mol. The van der Waals surface area contributed by atoms with Gasteiger partial charge in [-0.1, -0.05) is 17.3 Å². The fraction of sp³-hybridized carbons (Fsp3) is 0.176. The number of hydrogen-bond donors (Lipinski definition) is 2. The van der Waals surface area contributed by atoms with Gasteiger partial charge < -0.3 is 25.8 Å². The van der Waals surface area contributed by atoms with Crippen molar-refractivity contribution in [3.8, 4) is 11.5 Å². The largest absolute Gasteiger partial charge is 0.493 e. The molecular formula is C17H19N3O4. The monoisotopic (exact) mass is 329 g/mol. The van der Waals surface area contributed by atoms with Gasteiger partial charge in [0.15, 0.2) is 17.3 Å². The van der Waals surface area contributed by atoms with Crippen LogP contribution in [0.15, 0.2) is 41.6 Å². The van der Waals surface area contributed by atoms with Crippen LogP contribution in [0.1, 0.15) is 21.5 Å². The van der Waals surface area contributed by atoms with Crippen molar-refractivity contribution in [1.29, 1.82) is 0 Å². The summed E-state index contributed by atoms with van der Waals surface area (Å²) in [4.78, 5) is 17.0. The molecule has 2 aromatic carbocycles. The minimum atomic E-state index is -0.666. The Morgan fingerprint density at radius 3 is 2.46 bits per heavy atom. The van der Waals surface area contributed by atoms with E-state index in [4.69, 9.17) is 25.8 Å². The van der Waals surface area contributed by atoms with Gasteiger partial charge in [0.1, 0.15) is 0 Å². The molecule has 0 aromatic heterocycles. The van der Waals surface area contributed by atoms with Crippen LogP contribution >= 0.6 is 0 Å². The zero-order valence-corrected chi connectivity index (χ0v) is 13.7. The maximum absolute atomic E-state index is 12.1. The third-order valence-corrected chi connectivity index (χ3v) is 3.50. The molecule has 7 heteroatoms. The van der Waals surface area contributed by atoms with Gasteiger partial charge in [0.2, 0.25) is 0 Å². The summed E-state index contributed by atoms with van der Waals surface area (Å²) in [7, 11) is 2.99. The summed E-state index contributed by atoms with van der Waals surface area (Å²) < 4.78 is 10.3. The van der Waals surface area contributed by atoms with Gasteiger partial charge in [0.25, 0.3) is 0 Å². The molecule has 0 fully saturated rings. The molecule has 0 aliphatic heterocycles. The van der Waals surface area contributed by atoms with Crippen molar-refractivity contribution in [2.24, 2.45) is 10.9 Å². The molecule has 4 N–H and O–H groups in total. The summed E-state index contributed by atoms with van der Waals surface area (Å²) >= 11 is 0. The highest BCUT2D eigenvalue weighted by Gasteiger charge is 2.13. The number of nitrogens with two attached hydrogens (primary N) is 2. The lowest BCUT2D eigenvalue weighted by molar-refractivity contribution is 0.0515. The third-order valence-electron chi connectivity index (χ3n) is 3.50. The van der Waals surface area contributed by atoms with Crippen LogP contribution in [0.2, 0.25) is 0 Å². The second-order valence-electron chi connectivity index (χ2n) is 4.94. The SMILES string of the molecule is COc1ccc(C(=O)O/N=C(\N)c2cccc(N)c2C)cc1OC. The van der Waals surface area contributed by atoms with Crippen LogP contribution in [0.4, 0.5) is 5.69 Å². The van der Waals surface area contributed by atoms with Crippen LogP contribution in [0, 0.1) is 6.92 Å². The highest BCUT2D eigenvalue weighted by molar-refractivity contribution is 6.00. The highest BCUT2D eigenvalue weighted by Crippen LogP contribution is 2.27. The number of oxime groups is 1. The van der Waals surface area contributed by atoms with E-state index in [0.717, 1.165) is 5.56 Å². The molecule has 24 heavy (non-hydrogen) atoms. The molecule has 0 bridgehead atoms. The number of amidine groups is 1. The average molecular weight is 329 g/mol. The molecule has 0 unspecified atom stereocenters. The van der Waals surface area contributed by atoms with E-state index in [0.29, 0.717) is 22.7 Å². The average Bonchev–Trinajstić information content (AvgIpc) is 2.60. The lowest BCUT2D eigenvalue weighted by atomic mass is 10.1. The van der Waals surface area contributed by atoms with E-state index in [-0.39, 0.29) is 11.4 Å². The number of rotatable bonds is 5. The fourth-order valence-electron chi connectivity index (χ4n) is 2.09. The first kappa shape index (κ1) is 17.1. The van der Waals surface area contributed by atoms with E-state index in [1.165, 1.54) is 20.3 Å². The maximum Gasteiger partial charge on any atom is 0.365 e. The van der Waals surface area contributed by atoms with Gasteiger partial charge in [0, 0.05) is 11.3 Å². The number of ether oxygens (including phenoxy) is 2. The van der Waals surface area contributed by atoms with Gasteiger partial charge in [-0.15, -0.1) is 0 Å². The van der Waals surface area contributed by atoms with Crippen LogP contribution in [0.3, 0.4) is 0 Å². The van der Waals surface area contributed by atoms with Crippen molar-refractivity contribution in [2.45, 2.75) is 6.92 Å². The molecule has 0 heterocycles. The van der Waals surface area contributed by atoms with Gasteiger partial charge in [0.05, 0.1) is 19.8 Å². The topological polar surface area (TPSA) is 109 Å². The highest BCUT2D eigenvalue weighted by atomic mass is 16.7. The standard InChI is InChI=1S/C17H19N3O4/c1-10-12(5-4-6-13(10)18)16(19)20-24-17(21)11-7-8-14(22-2)15(9-11)23-3/h4-9H,18H2,1-3H3,(H2,19,20). The number of carbonyl (C=O) groups excluding carboxylic acids is 1. The number of nitrogens with zero attached hydrogens (tertiary/aromatic N) is 1. The second-order valence-corrected chi connectivity index (χ2v) is 4.94. The Labute approximate surface area is 139 Å². The summed E-state index contributed by atoms with van der Waals surface area (Å²) in [6.07, 6.45) is 0. The van der Waals surface area contributed by atoms with Gasteiger partial charge in [-0.2, -0.15) is 0 Å². The van der Waals surface area contributed by atoms with E-state index in [2.05, 4.69) is 5.16 Å². The summed E-state index contributed by atoms with van der Waals surface area (Å²) in [5, 5.41) is 3.69. The minimum Gasteiger partial charge on any atom is -0.493 e. The molecule has 7 nitrogen and oxygen atoms in total. The first-order valence-electron chi connectivity index (χ1n) is 7.10. The smallest absolute Gasteiger partial charge is 0.365 e. The Balaban J connectivity index is 2.19. The molecule has 0 spiro atoms.